The van der Waals surface area contributed by atoms with Crippen LogP contribution in [-0.2, 0) is 9.53 Å². The van der Waals surface area contributed by atoms with Crippen molar-refractivity contribution in [2.24, 2.45) is 5.92 Å². The van der Waals surface area contributed by atoms with Gasteiger partial charge in [0.25, 0.3) is 0 Å². The molecule has 0 aromatic heterocycles. The van der Waals surface area contributed by atoms with Gasteiger partial charge in [-0.15, -0.1) is 0 Å². The van der Waals surface area contributed by atoms with E-state index in [2.05, 4.69) is 17.3 Å². The van der Waals surface area contributed by atoms with Gasteiger partial charge in [-0.25, -0.2) is 0 Å². The van der Waals surface area contributed by atoms with Gasteiger partial charge in [0.2, 0.25) is 5.91 Å². The topological polar surface area (TPSA) is 44.8 Å². The molecule has 5 nitrogen and oxygen atoms in total. The summed E-state index contributed by atoms with van der Waals surface area (Å²) in [6, 6.07) is 0. The Kier molecular flexibility index (Phi) is 6.76. The largest absolute Gasteiger partial charge is 0.378 e. The van der Waals surface area contributed by atoms with Crippen LogP contribution in [-0.4, -0.2) is 75.2 Å². The van der Waals surface area contributed by atoms with Crippen molar-refractivity contribution < 1.29 is 9.53 Å². The molecule has 20 heavy (non-hydrogen) atoms. The lowest BCUT2D eigenvalue weighted by molar-refractivity contribution is -0.135. The van der Waals surface area contributed by atoms with E-state index in [9.17, 15) is 4.79 Å². The highest BCUT2D eigenvalue weighted by molar-refractivity contribution is 5.76. The third kappa shape index (κ3) is 5.38. The van der Waals surface area contributed by atoms with E-state index in [0.29, 0.717) is 25.5 Å². The first-order valence-electron chi connectivity index (χ1n) is 8.00. The quantitative estimate of drug-likeness (QED) is 0.773. The Balaban J connectivity index is 1.56. The normalized spacial score (nSPS) is 21.4. The molecular formula is C15H29N3O2. The number of nitrogens with zero attached hydrogens (tertiary/aromatic N) is 2. The van der Waals surface area contributed by atoms with Gasteiger partial charge in [-0.1, -0.05) is 0 Å². The highest BCUT2D eigenvalue weighted by Gasteiger charge is 2.17. The molecule has 2 rings (SSSR count). The minimum Gasteiger partial charge on any atom is -0.378 e. The fraction of sp³-hybridized carbons (Fsp3) is 0.933. The van der Waals surface area contributed by atoms with Crippen molar-refractivity contribution in [3.05, 3.63) is 0 Å². The summed E-state index contributed by atoms with van der Waals surface area (Å²) in [7, 11) is 2.18. The Morgan fingerprint density at radius 3 is 2.70 bits per heavy atom. The summed E-state index contributed by atoms with van der Waals surface area (Å²) in [4.78, 5) is 16.3. The molecule has 2 heterocycles. The molecule has 0 aliphatic carbocycles. The van der Waals surface area contributed by atoms with Crippen LogP contribution in [0.15, 0.2) is 0 Å². The molecule has 0 saturated carbocycles. The zero-order valence-electron chi connectivity index (χ0n) is 12.8. The van der Waals surface area contributed by atoms with Crippen molar-refractivity contribution in [3.63, 3.8) is 0 Å². The second-order valence-electron chi connectivity index (χ2n) is 6.05. The number of carbonyl (C=O) groups is 1. The zero-order chi connectivity index (χ0) is 14.2. The average Bonchev–Trinajstić information content (AvgIpc) is 2.49. The Morgan fingerprint density at radius 2 is 2.00 bits per heavy atom. The van der Waals surface area contributed by atoms with E-state index in [0.717, 1.165) is 45.1 Å². The fourth-order valence-electron chi connectivity index (χ4n) is 3.07. The molecule has 0 spiro atoms. The third-order valence-electron chi connectivity index (χ3n) is 4.32. The van der Waals surface area contributed by atoms with Crippen LogP contribution in [0.1, 0.15) is 25.7 Å². The van der Waals surface area contributed by atoms with Gasteiger partial charge >= 0.3 is 0 Å². The Hall–Kier alpha value is -0.650. The molecule has 0 unspecified atom stereocenters. The maximum atomic E-state index is 12.0. The summed E-state index contributed by atoms with van der Waals surface area (Å²) in [5.41, 5.74) is 0. The number of ether oxygens (including phenoxy) is 1. The zero-order valence-corrected chi connectivity index (χ0v) is 12.8. The minimum atomic E-state index is 0.295. The summed E-state index contributed by atoms with van der Waals surface area (Å²) in [6.07, 6.45) is 4.22. The van der Waals surface area contributed by atoms with Gasteiger partial charge in [0.1, 0.15) is 0 Å². The summed E-state index contributed by atoms with van der Waals surface area (Å²) in [5.74, 6) is 1.12. The predicted octanol–water partition coefficient (Wildman–Crippen LogP) is 0.557. The van der Waals surface area contributed by atoms with E-state index in [-0.39, 0.29) is 0 Å². The Morgan fingerprint density at radius 1 is 1.30 bits per heavy atom. The molecule has 2 fully saturated rings. The molecule has 0 bridgehead atoms. The molecule has 1 N–H and O–H groups in total. The summed E-state index contributed by atoms with van der Waals surface area (Å²) in [5, 5.41) is 3.40. The van der Waals surface area contributed by atoms with Crippen LogP contribution in [0, 0.1) is 5.92 Å². The lowest BCUT2D eigenvalue weighted by Crippen LogP contribution is -2.41. The van der Waals surface area contributed by atoms with E-state index in [1.807, 2.05) is 4.90 Å². The number of hydrogen-bond acceptors (Lipinski definition) is 4. The number of nitrogens with one attached hydrogen (secondary N) is 1. The predicted molar refractivity (Wildman–Crippen MR) is 79.7 cm³/mol. The van der Waals surface area contributed by atoms with E-state index >= 15 is 0 Å². The Bertz CT molecular complexity index is 287. The van der Waals surface area contributed by atoms with E-state index in [4.69, 9.17) is 4.74 Å². The van der Waals surface area contributed by atoms with Crippen molar-refractivity contribution in [2.75, 3.05) is 59.5 Å². The number of morpholine rings is 1. The minimum absolute atomic E-state index is 0.295. The molecular weight excluding hydrogens is 254 g/mol. The third-order valence-corrected chi connectivity index (χ3v) is 4.32. The molecule has 0 aromatic rings. The molecule has 0 aromatic carbocycles. The number of hydrogen-bond donors (Lipinski definition) is 1. The van der Waals surface area contributed by atoms with E-state index in [1.54, 1.807) is 0 Å². The molecule has 0 atom stereocenters. The van der Waals surface area contributed by atoms with Crippen LogP contribution >= 0.6 is 0 Å². The van der Waals surface area contributed by atoms with Gasteiger partial charge in [0.15, 0.2) is 0 Å². The van der Waals surface area contributed by atoms with Crippen molar-refractivity contribution >= 4 is 5.91 Å². The first-order chi connectivity index (χ1) is 9.75. The lowest BCUT2D eigenvalue weighted by atomic mass is 9.97. The molecule has 5 heteroatoms. The van der Waals surface area contributed by atoms with E-state index in [1.165, 1.54) is 19.4 Å². The van der Waals surface area contributed by atoms with E-state index < -0.39 is 0 Å². The van der Waals surface area contributed by atoms with Crippen molar-refractivity contribution in [1.29, 1.82) is 0 Å². The second kappa shape index (κ2) is 8.60. The monoisotopic (exact) mass is 283 g/mol. The highest BCUT2D eigenvalue weighted by Crippen LogP contribution is 2.13. The van der Waals surface area contributed by atoms with Crippen molar-refractivity contribution in [1.82, 2.24) is 15.1 Å². The summed E-state index contributed by atoms with van der Waals surface area (Å²) >= 11 is 0. The smallest absolute Gasteiger partial charge is 0.222 e. The standard InChI is InChI=1S/C15H29N3O2/c1-17(13-14-4-6-16-7-5-14)8-2-3-15(19)18-9-11-20-12-10-18/h14,16H,2-13H2,1H3. The molecule has 1 amide bonds. The summed E-state index contributed by atoms with van der Waals surface area (Å²) in [6.45, 7) is 7.45. The Labute approximate surface area is 122 Å². The number of amides is 1. The van der Waals surface area contributed by atoms with Crippen LogP contribution in [0.2, 0.25) is 0 Å². The highest BCUT2D eigenvalue weighted by atomic mass is 16.5. The first-order valence-corrected chi connectivity index (χ1v) is 8.00. The lowest BCUT2D eigenvalue weighted by Gasteiger charge is -2.28. The van der Waals surface area contributed by atoms with Crippen molar-refractivity contribution in [3.8, 4) is 0 Å². The SMILES string of the molecule is CN(CCCC(=O)N1CCOCC1)CC1CCNCC1. The molecule has 2 aliphatic rings. The van der Waals surface area contributed by atoms with Gasteiger partial charge in [-0.3, -0.25) is 4.79 Å². The van der Waals surface area contributed by atoms with Crippen LogP contribution in [0.3, 0.4) is 0 Å². The van der Waals surface area contributed by atoms with Crippen LogP contribution in [0.4, 0.5) is 0 Å². The molecule has 2 aliphatic heterocycles. The van der Waals surface area contributed by atoms with Gasteiger partial charge in [-0.2, -0.15) is 0 Å². The average molecular weight is 283 g/mol. The number of carbonyl (C=O) groups excluding carboxylic acids is 1. The first kappa shape index (κ1) is 15.7. The van der Waals surface area contributed by atoms with Crippen LogP contribution < -0.4 is 5.32 Å². The molecule has 2 saturated heterocycles. The molecule has 0 radical (unpaired) electrons. The number of rotatable bonds is 6. The second-order valence-corrected chi connectivity index (χ2v) is 6.05. The van der Waals surface area contributed by atoms with Crippen LogP contribution in [0.25, 0.3) is 0 Å². The fourth-order valence-corrected chi connectivity index (χ4v) is 3.07. The van der Waals surface area contributed by atoms with Gasteiger partial charge in [0.05, 0.1) is 13.2 Å². The number of piperidine rings is 1. The molecule has 116 valence electrons. The maximum Gasteiger partial charge on any atom is 0.222 e. The van der Waals surface area contributed by atoms with Crippen molar-refractivity contribution in [2.45, 2.75) is 25.7 Å². The summed E-state index contributed by atoms with van der Waals surface area (Å²) < 4.78 is 5.27. The van der Waals surface area contributed by atoms with Crippen LogP contribution in [0.5, 0.6) is 0 Å². The van der Waals surface area contributed by atoms with Gasteiger partial charge in [0, 0.05) is 26.1 Å². The van der Waals surface area contributed by atoms with Gasteiger partial charge < -0.3 is 19.9 Å². The van der Waals surface area contributed by atoms with Gasteiger partial charge in [-0.05, 0) is 51.9 Å². The maximum absolute atomic E-state index is 12.0.